The average Bonchev–Trinajstić information content (AvgIpc) is 3.19. The number of hydrogen-bond donors (Lipinski definition) is 2. The van der Waals surface area contributed by atoms with Gasteiger partial charge in [0.1, 0.15) is 0 Å². The maximum atomic E-state index is 14.6. The molecule has 1 aliphatic heterocycles. The van der Waals surface area contributed by atoms with Gasteiger partial charge in [0.15, 0.2) is 11.6 Å². The Labute approximate surface area is 213 Å². The van der Waals surface area contributed by atoms with Crippen molar-refractivity contribution in [3.63, 3.8) is 0 Å². The molecule has 1 saturated heterocycles. The lowest BCUT2D eigenvalue weighted by Gasteiger charge is -2.53. The second-order valence-electron chi connectivity index (χ2n) is 10.7. The van der Waals surface area contributed by atoms with Gasteiger partial charge in [0.05, 0.1) is 11.8 Å². The van der Waals surface area contributed by atoms with Crippen molar-refractivity contribution in [3.05, 3.63) is 52.8 Å². The molecule has 3 heterocycles. The Kier molecular flexibility index (Phi) is 6.81. The minimum Gasteiger partial charge on any atom is -0.365 e. The van der Waals surface area contributed by atoms with Crippen molar-refractivity contribution in [2.75, 3.05) is 17.7 Å². The van der Waals surface area contributed by atoms with Gasteiger partial charge in [-0.2, -0.15) is 18.2 Å². The first kappa shape index (κ1) is 26.3. The predicted octanol–water partition coefficient (Wildman–Crippen LogP) is 7.48. The van der Waals surface area contributed by atoms with Crippen LogP contribution in [0, 0.1) is 12.7 Å². The number of aromatic nitrogens is 2. The molecule has 0 aliphatic carbocycles. The van der Waals surface area contributed by atoms with Crippen molar-refractivity contribution in [1.29, 1.82) is 0 Å². The van der Waals surface area contributed by atoms with E-state index in [2.05, 4.69) is 60.2 Å². The van der Waals surface area contributed by atoms with Crippen LogP contribution in [0.15, 0.2) is 35.8 Å². The number of nitrogens with one attached hydrogen (secondary N) is 2. The molecular formula is C26H31F4N5S. The number of anilines is 3. The van der Waals surface area contributed by atoms with Crippen LogP contribution in [0.5, 0.6) is 0 Å². The Bertz CT molecular complexity index is 1230. The molecule has 10 heteroatoms. The lowest BCUT2D eigenvalue weighted by molar-refractivity contribution is -0.137. The van der Waals surface area contributed by atoms with E-state index in [4.69, 9.17) is 0 Å². The van der Waals surface area contributed by atoms with Gasteiger partial charge in [0.25, 0.3) is 0 Å². The fraction of sp³-hybridized carbons (Fsp3) is 0.462. The number of likely N-dealkylation sites (tertiary alicyclic amines) is 1. The Balaban J connectivity index is 1.59. The summed E-state index contributed by atoms with van der Waals surface area (Å²) in [5.74, 6) is -0.581. The summed E-state index contributed by atoms with van der Waals surface area (Å²) in [6, 6.07) is 5.71. The molecule has 0 saturated carbocycles. The second-order valence-corrected chi connectivity index (χ2v) is 11.6. The van der Waals surface area contributed by atoms with Crippen molar-refractivity contribution in [3.8, 4) is 10.4 Å². The molecule has 0 bridgehead atoms. The fourth-order valence-corrected chi connectivity index (χ4v) is 5.91. The standard InChI is InChI=1S/C26H31F4N5S/c1-15-9-21(36-14-15)18-8-7-16(10-19(18)26(28,29)30)33-23-31-13-20(27)22(34-23)32-17-11-24(2,3)35(6)25(4,5)12-17/h7-10,13-14,17H,11-12H2,1-6H3,(H2,31,32,33,34). The van der Waals surface area contributed by atoms with Crippen LogP contribution in [0.3, 0.4) is 0 Å². The van der Waals surface area contributed by atoms with Crippen molar-refractivity contribution in [2.24, 2.45) is 0 Å². The minimum atomic E-state index is -4.55. The number of alkyl halides is 3. The average molecular weight is 522 g/mol. The van der Waals surface area contributed by atoms with Crippen molar-refractivity contribution >= 4 is 28.8 Å². The molecule has 0 unspecified atom stereocenters. The van der Waals surface area contributed by atoms with Crippen LogP contribution < -0.4 is 10.6 Å². The van der Waals surface area contributed by atoms with Crippen LogP contribution in [0.1, 0.15) is 51.7 Å². The second kappa shape index (κ2) is 9.30. The Hall–Kier alpha value is -2.72. The summed E-state index contributed by atoms with van der Waals surface area (Å²) >= 11 is 1.26. The highest BCUT2D eigenvalue weighted by molar-refractivity contribution is 7.13. The zero-order valence-electron chi connectivity index (χ0n) is 21.2. The Morgan fingerprint density at radius 2 is 1.75 bits per heavy atom. The molecule has 2 aromatic heterocycles. The van der Waals surface area contributed by atoms with Gasteiger partial charge in [0.2, 0.25) is 5.95 Å². The van der Waals surface area contributed by atoms with E-state index < -0.39 is 17.6 Å². The van der Waals surface area contributed by atoms with Crippen LogP contribution in [0.2, 0.25) is 0 Å². The zero-order chi connectivity index (χ0) is 26.5. The third-order valence-corrected chi connectivity index (χ3v) is 8.05. The highest BCUT2D eigenvalue weighted by Gasteiger charge is 2.43. The maximum Gasteiger partial charge on any atom is 0.417 e. The lowest BCUT2D eigenvalue weighted by Crippen LogP contribution is -2.61. The number of benzene rings is 1. The van der Waals surface area contributed by atoms with E-state index >= 15 is 0 Å². The van der Waals surface area contributed by atoms with Crippen LogP contribution >= 0.6 is 11.3 Å². The molecule has 0 radical (unpaired) electrons. The van der Waals surface area contributed by atoms with Crippen LogP contribution in [0.4, 0.5) is 35.0 Å². The molecule has 0 spiro atoms. The van der Waals surface area contributed by atoms with Gasteiger partial charge in [-0.15, -0.1) is 11.3 Å². The Morgan fingerprint density at radius 1 is 1.08 bits per heavy atom. The molecule has 0 atom stereocenters. The topological polar surface area (TPSA) is 53.1 Å². The summed E-state index contributed by atoms with van der Waals surface area (Å²) in [6.45, 7) is 10.4. The summed E-state index contributed by atoms with van der Waals surface area (Å²) in [5.41, 5.74) is 0.202. The number of halogens is 4. The lowest BCUT2D eigenvalue weighted by atomic mass is 9.77. The van der Waals surface area contributed by atoms with E-state index in [0.717, 1.165) is 30.7 Å². The molecule has 1 aromatic carbocycles. The SMILES string of the molecule is Cc1csc(-c2ccc(Nc3ncc(F)c(NC4CC(C)(C)N(C)C(C)(C)C4)n3)cc2C(F)(F)F)c1. The van der Waals surface area contributed by atoms with E-state index in [1.807, 2.05) is 12.3 Å². The normalized spacial score (nSPS) is 18.3. The van der Waals surface area contributed by atoms with E-state index in [1.54, 1.807) is 12.1 Å². The summed E-state index contributed by atoms with van der Waals surface area (Å²) < 4.78 is 56.2. The van der Waals surface area contributed by atoms with Gasteiger partial charge < -0.3 is 10.6 Å². The van der Waals surface area contributed by atoms with E-state index in [9.17, 15) is 17.6 Å². The van der Waals surface area contributed by atoms with Gasteiger partial charge in [-0.05, 0) is 83.7 Å². The summed E-state index contributed by atoms with van der Waals surface area (Å²) in [6.07, 6.45) is -1.97. The number of thiophene rings is 1. The first-order valence-corrected chi connectivity index (χ1v) is 12.6. The molecule has 2 N–H and O–H groups in total. The van der Waals surface area contributed by atoms with Gasteiger partial charge in [-0.25, -0.2) is 9.37 Å². The number of rotatable bonds is 5. The van der Waals surface area contributed by atoms with Crippen molar-refractivity contribution in [1.82, 2.24) is 14.9 Å². The smallest absolute Gasteiger partial charge is 0.365 e. The number of piperidine rings is 1. The summed E-state index contributed by atoms with van der Waals surface area (Å²) in [7, 11) is 2.09. The van der Waals surface area contributed by atoms with Crippen molar-refractivity contribution < 1.29 is 17.6 Å². The van der Waals surface area contributed by atoms with E-state index in [1.165, 1.54) is 17.4 Å². The number of nitrogens with zero attached hydrogens (tertiary/aromatic N) is 3. The molecular weight excluding hydrogens is 490 g/mol. The van der Waals surface area contributed by atoms with Gasteiger partial charge >= 0.3 is 6.18 Å². The minimum absolute atomic E-state index is 0.0122. The number of hydrogen-bond acceptors (Lipinski definition) is 6. The molecule has 4 rings (SSSR count). The van der Waals surface area contributed by atoms with Crippen molar-refractivity contribution in [2.45, 2.75) is 70.8 Å². The molecule has 1 aliphatic rings. The summed E-state index contributed by atoms with van der Waals surface area (Å²) in [5, 5.41) is 7.83. The van der Waals surface area contributed by atoms with Crippen LogP contribution in [-0.2, 0) is 6.18 Å². The van der Waals surface area contributed by atoms with Gasteiger partial charge in [-0.1, -0.05) is 6.07 Å². The van der Waals surface area contributed by atoms with E-state index in [0.29, 0.717) is 4.88 Å². The molecule has 0 amide bonds. The zero-order valence-corrected chi connectivity index (χ0v) is 22.0. The molecule has 1 fully saturated rings. The largest absolute Gasteiger partial charge is 0.417 e. The van der Waals surface area contributed by atoms with Crippen LogP contribution in [0.25, 0.3) is 10.4 Å². The predicted molar refractivity (Wildman–Crippen MR) is 137 cm³/mol. The van der Waals surface area contributed by atoms with Gasteiger partial charge in [0, 0.05) is 33.2 Å². The van der Waals surface area contributed by atoms with Crippen LogP contribution in [-0.4, -0.2) is 39.0 Å². The first-order chi connectivity index (χ1) is 16.7. The monoisotopic (exact) mass is 521 g/mol. The Morgan fingerprint density at radius 3 is 2.33 bits per heavy atom. The third-order valence-electron chi connectivity index (χ3n) is 6.97. The third kappa shape index (κ3) is 5.49. The maximum absolute atomic E-state index is 14.6. The first-order valence-electron chi connectivity index (χ1n) is 11.7. The van der Waals surface area contributed by atoms with Gasteiger partial charge in [-0.3, -0.25) is 4.90 Å². The molecule has 36 heavy (non-hydrogen) atoms. The molecule has 3 aromatic rings. The molecule has 194 valence electrons. The highest BCUT2D eigenvalue weighted by Crippen LogP contribution is 2.41. The van der Waals surface area contributed by atoms with E-state index in [-0.39, 0.29) is 40.1 Å². The summed E-state index contributed by atoms with van der Waals surface area (Å²) in [4.78, 5) is 11.1. The highest BCUT2D eigenvalue weighted by atomic mass is 32.1. The number of aryl methyl sites for hydroxylation is 1. The molecule has 5 nitrogen and oxygen atoms in total. The quantitative estimate of drug-likeness (QED) is 0.341. The fourth-order valence-electron chi connectivity index (χ4n) is 4.97.